The summed E-state index contributed by atoms with van der Waals surface area (Å²) in [6.45, 7) is 4.60. The van der Waals surface area contributed by atoms with Crippen molar-refractivity contribution in [2.24, 2.45) is 0 Å². The van der Waals surface area contributed by atoms with Gasteiger partial charge in [0.2, 0.25) is 5.91 Å². The van der Waals surface area contributed by atoms with Crippen molar-refractivity contribution in [3.05, 3.63) is 47.5 Å². The third kappa shape index (κ3) is 5.57. The predicted octanol–water partition coefficient (Wildman–Crippen LogP) is 5.03. The van der Waals surface area contributed by atoms with Crippen LogP contribution in [0.5, 0.6) is 11.5 Å². The molecule has 2 fully saturated rings. The molecule has 1 saturated heterocycles. The van der Waals surface area contributed by atoms with Crippen LogP contribution in [0.1, 0.15) is 32.6 Å². The van der Waals surface area contributed by atoms with E-state index in [1.165, 1.54) is 12.4 Å². The number of anilines is 2. The van der Waals surface area contributed by atoms with E-state index in [1.807, 2.05) is 26.1 Å². The third-order valence-corrected chi connectivity index (χ3v) is 7.44. The molecule has 2 heterocycles. The molecule has 1 amide bonds. The van der Waals surface area contributed by atoms with Gasteiger partial charge in [0.15, 0.2) is 17.3 Å². The monoisotopic (exact) mass is 527 g/mol. The lowest BCUT2D eigenvalue weighted by Gasteiger charge is -2.40. The fourth-order valence-electron chi connectivity index (χ4n) is 5.05. The van der Waals surface area contributed by atoms with Crippen LogP contribution in [0, 0.1) is 5.82 Å². The summed E-state index contributed by atoms with van der Waals surface area (Å²) in [7, 11) is 1.86. The summed E-state index contributed by atoms with van der Waals surface area (Å²) in [5, 5.41) is 3.76. The number of hydrogen-bond acceptors (Lipinski definition) is 7. The van der Waals surface area contributed by atoms with Crippen LogP contribution in [0.4, 0.5) is 15.9 Å². The molecule has 0 radical (unpaired) electrons. The fraction of sp³-hybridized carbons (Fsp3) is 0.444. The highest BCUT2D eigenvalue weighted by molar-refractivity contribution is 6.31. The number of piperazine rings is 1. The Kier molecular flexibility index (Phi) is 7.62. The largest absolute Gasteiger partial charge is 0.490 e. The van der Waals surface area contributed by atoms with Gasteiger partial charge in [-0.05, 0) is 50.8 Å². The van der Waals surface area contributed by atoms with Crippen molar-refractivity contribution in [3.8, 4) is 11.5 Å². The number of likely N-dealkylation sites (N-methyl/N-ethyl adjacent to an activating group) is 1. The van der Waals surface area contributed by atoms with Crippen molar-refractivity contribution >= 4 is 39.9 Å². The molecule has 0 bridgehead atoms. The summed E-state index contributed by atoms with van der Waals surface area (Å²) in [5.41, 5.74) is 0.878. The Morgan fingerprint density at radius 3 is 2.70 bits per heavy atom. The highest BCUT2D eigenvalue weighted by Gasteiger charge is 2.31. The van der Waals surface area contributed by atoms with Crippen LogP contribution in [0.2, 0.25) is 5.02 Å². The van der Waals surface area contributed by atoms with Gasteiger partial charge in [-0.1, -0.05) is 17.7 Å². The Balaban J connectivity index is 1.34. The second-order valence-electron chi connectivity index (χ2n) is 9.53. The number of carbonyl (C=O) groups excluding carboxylic acids is 1. The third-order valence-electron chi connectivity index (χ3n) is 7.15. The maximum absolute atomic E-state index is 14.5. The van der Waals surface area contributed by atoms with Crippen LogP contribution in [0.15, 0.2) is 36.7 Å². The molecule has 1 N–H and O–H groups in total. The van der Waals surface area contributed by atoms with E-state index < -0.39 is 5.82 Å². The minimum absolute atomic E-state index is 0.0301. The Bertz CT molecular complexity index is 1280. The zero-order valence-electron chi connectivity index (χ0n) is 21.0. The van der Waals surface area contributed by atoms with Gasteiger partial charge in [-0.3, -0.25) is 9.69 Å². The molecule has 1 aliphatic carbocycles. The lowest BCUT2D eigenvalue weighted by atomic mass is 9.91. The molecule has 37 heavy (non-hydrogen) atoms. The number of ether oxygens (including phenoxy) is 2. The van der Waals surface area contributed by atoms with E-state index in [-0.39, 0.29) is 22.7 Å². The molecular formula is C27H31ClFN5O3. The zero-order valence-corrected chi connectivity index (χ0v) is 21.8. The number of fused-ring (bicyclic) bond motifs is 1. The van der Waals surface area contributed by atoms with Crippen molar-refractivity contribution in [1.82, 2.24) is 19.8 Å². The first-order valence-electron chi connectivity index (χ1n) is 12.7. The maximum Gasteiger partial charge on any atom is 0.236 e. The molecule has 2 aromatic carbocycles. The first-order chi connectivity index (χ1) is 17.9. The molecule has 0 spiro atoms. The van der Waals surface area contributed by atoms with E-state index in [2.05, 4.69) is 20.2 Å². The van der Waals surface area contributed by atoms with E-state index in [0.717, 1.165) is 38.8 Å². The van der Waals surface area contributed by atoms with Gasteiger partial charge < -0.3 is 19.7 Å². The number of amides is 1. The minimum atomic E-state index is -0.544. The summed E-state index contributed by atoms with van der Waals surface area (Å²) in [6.07, 6.45) is 5.18. The average Bonchev–Trinajstić information content (AvgIpc) is 2.90. The van der Waals surface area contributed by atoms with Crippen LogP contribution < -0.4 is 14.8 Å². The Labute approximate surface area is 220 Å². The summed E-state index contributed by atoms with van der Waals surface area (Å²) < 4.78 is 26.9. The molecule has 196 valence electrons. The number of hydrogen-bond donors (Lipinski definition) is 1. The Morgan fingerprint density at radius 1 is 1.14 bits per heavy atom. The van der Waals surface area contributed by atoms with Crippen LogP contribution >= 0.6 is 11.6 Å². The highest BCUT2D eigenvalue weighted by atomic mass is 35.5. The van der Waals surface area contributed by atoms with Crippen molar-refractivity contribution in [2.75, 3.05) is 38.6 Å². The average molecular weight is 528 g/mol. The van der Waals surface area contributed by atoms with E-state index in [4.69, 9.17) is 21.1 Å². The highest BCUT2D eigenvalue weighted by Crippen LogP contribution is 2.38. The summed E-state index contributed by atoms with van der Waals surface area (Å²) in [4.78, 5) is 25.0. The number of nitrogens with zero attached hydrogens (tertiary/aromatic N) is 4. The van der Waals surface area contributed by atoms with E-state index in [1.54, 1.807) is 17.0 Å². The quantitative estimate of drug-likeness (QED) is 0.461. The normalized spacial score (nSPS) is 20.8. The standard InChI is InChI=1S/C27H31ClFN5O3/c1-3-36-23-14-22-19(27(31-16-30-22)32-21-6-4-5-20(28)26(21)29)13-24(23)37-18-9-7-17(8-10-18)34-12-11-33(2)25(35)15-34/h4-6,13-14,16-18H,3,7-12,15H2,1-2H3,(H,30,31,32). The molecule has 1 saturated carbocycles. The first-order valence-corrected chi connectivity index (χ1v) is 13.1. The van der Waals surface area contributed by atoms with Crippen LogP contribution in [-0.4, -0.2) is 71.1 Å². The Morgan fingerprint density at radius 2 is 1.95 bits per heavy atom. The van der Waals surface area contributed by atoms with Gasteiger partial charge in [0, 0.05) is 37.6 Å². The smallest absolute Gasteiger partial charge is 0.236 e. The molecule has 10 heteroatoms. The number of rotatable bonds is 7. The molecule has 1 aliphatic heterocycles. The molecule has 2 aliphatic rings. The molecule has 1 aromatic heterocycles. The lowest BCUT2D eigenvalue weighted by Crippen LogP contribution is -2.53. The number of benzene rings is 2. The molecule has 5 rings (SSSR count). The summed E-state index contributed by atoms with van der Waals surface area (Å²) in [6, 6.07) is 8.86. The summed E-state index contributed by atoms with van der Waals surface area (Å²) in [5.74, 6) is 1.31. The second-order valence-corrected chi connectivity index (χ2v) is 9.94. The number of nitrogens with one attached hydrogen (secondary N) is 1. The van der Waals surface area contributed by atoms with Gasteiger partial charge in [-0.15, -0.1) is 0 Å². The predicted molar refractivity (Wildman–Crippen MR) is 141 cm³/mol. The topological polar surface area (TPSA) is 79.8 Å². The molecule has 0 atom stereocenters. The maximum atomic E-state index is 14.5. The van der Waals surface area contributed by atoms with Gasteiger partial charge in [-0.2, -0.15) is 0 Å². The number of halogens is 2. The van der Waals surface area contributed by atoms with Gasteiger partial charge in [0.05, 0.1) is 35.5 Å². The molecule has 3 aromatic rings. The van der Waals surface area contributed by atoms with Crippen molar-refractivity contribution in [3.63, 3.8) is 0 Å². The number of aromatic nitrogens is 2. The van der Waals surface area contributed by atoms with E-state index in [0.29, 0.717) is 47.4 Å². The van der Waals surface area contributed by atoms with Gasteiger partial charge in [-0.25, -0.2) is 14.4 Å². The zero-order chi connectivity index (χ0) is 25.9. The fourth-order valence-corrected chi connectivity index (χ4v) is 5.22. The molecule has 8 nitrogen and oxygen atoms in total. The van der Waals surface area contributed by atoms with E-state index >= 15 is 0 Å². The van der Waals surface area contributed by atoms with Gasteiger partial charge in [0.25, 0.3) is 0 Å². The van der Waals surface area contributed by atoms with Crippen LogP contribution in [0.25, 0.3) is 10.9 Å². The van der Waals surface area contributed by atoms with E-state index in [9.17, 15) is 9.18 Å². The van der Waals surface area contributed by atoms with Crippen molar-refractivity contribution in [1.29, 1.82) is 0 Å². The van der Waals surface area contributed by atoms with Gasteiger partial charge in [0.1, 0.15) is 12.1 Å². The first kappa shape index (κ1) is 25.5. The van der Waals surface area contributed by atoms with Crippen LogP contribution in [-0.2, 0) is 4.79 Å². The molecule has 0 unspecified atom stereocenters. The Hall–Kier alpha value is -3.17. The molecular weight excluding hydrogens is 497 g/mol. The summed E-state index contributed by atoms with van der Waals surface area (Å²) >= 11 is 5.95. The SMILES string of the molecule is CCOc1cc2ncnc(Nc3cccc(Cl)c3F)c2cc1OC1CCC(N2CCN(C)C(=O)C2)CC1. The van der Waals surface area contributed by atoms with Crippen molar-refractivity contribution < 1.29 is 18.7 Å². The lowest BCUT2D eigenvalue weighted by molar-refractivity contribution is -0.135. The van der Waals surface area contributed by atoms with Crippen LogP contribution in [0.3, 0.4) is 0 Å². The number of carbonyl (C=O) groups is 1. The second kappa shape index (κ2) is 11.1. The minimum Gasteiger partial charge on any atom is -0.490 e. The van der Waals surface area contributed by atoms with Gasteiger partial charge >= 0.3 is 0 Å². The van der Waals surface area contributed by atoms with Crippen molar-refractivity contribution in [2.45, 2.75) is 44.8 Å².